The molecule has 6 heteroatoms. The van der Waals surface area contributed by atoms with E-state index in [9.17, 15) is 9.59 Å². The minimum atomic E-state index is -0.287. The van der Waals surface area contributed by atoms with Gasteiger partial charge in [-0.05, 0) is 54.7 Å². The lowest BCUT2D eigenvalue weighted by Gasteiger charge is -2.18. The van der Waals surface area contributed by atoms with Crippen molar-refractivity contribution >= 4 is 11.8 Å². The molecule has 158 valence electrons. The molecule has 0 bridgehead atoms. The van der Waals surface area contributed by atoms with Crippen LogP contribution in [0.3, 0.4) is 0 Å². The summed E-state index contributed by atoms with van der Waals surface area (Å²) in [5.74, 6) is 1.58. The number of carbonyl (C=O) groups excluding carboxylic acids is 2. The van der Waals surface area contributed by atoms with Gasteiger partial charge in [-0.2, -0.15) is 0 Å². The highest BCUT2D eigenvalue weighted by molar-refractivity contribution is 5.95. The summed E-state index contributed by atoms with van der Waals surface area (Å²) in [6.45, 7) is 1.61. The molecule has 0 unspecified atom stereocenters. The van der Waals surface area contributed by atoms with Gasteiger partial charge in [-0.3, -0.25) is 9.59 Å². The summed E-state index contributed by atoms with van der Waals surface area (Å²) in [4.78, 5) is 28.0. The number of hydrogen-bond donors (Lipinski definition) is 1. The Morgan fingerprint density at radius 2 is 1.70 bits per heavy atom. The molecule has 1 aliphatic carbocycles. The van der Waals surface area contributed by atoms with Crippen LogP contribution in [0.2, 0.25) is 0 Å². The van der Waals surface area contributed by atoms with Crippen molar-refractivity contribution in [3.8, 4) is 11.5 Å². The largest absolute Gasteiger partial charge is 0.497 e. The van der Waals surface area contributed by atoms with Crippen molar-refractivity contribution in [3.63, 3.8) is 0 Å². The van der Waals surface area contributed by atoms with Gasteiger partial charge < -0.3 is 19.7 Å². The van der Waals surface area contributed by atoms with Crippen molar-refractivity contribution in [1.82, 2.24) is 10.2 Å². The van der Waals surface area contributed by atoms with Crippen LogP contribution in [-0.4, -0.2) is 50.6 Å². The zero-order valence-electron chi connectivity index (χ0n) is 17.5. The van der Waals surface area contributed by atoms with Gasteiger partial charge >= 0.3 is 0 Å². The van der Waals surface area contributed by atoms with E-state index in [1.54, 1.807) is 31.3 Å². The van der Waals surface area contributed by atoms with E-state index in [0.29, 0.717) is 30.3 Å². The summed E-state index contributed by atoms with van der Waals surface area (Å²) < 4.78 is 10.6. The monoisotopic (exact) mass is 408 g/mol. The van der Waals surface area contributed by atoms with Crippen LogP contribution in [0.4, 0.5) is 0 Å². The van der Waals surface area contributed by atoms with Gasteiger partial charge in [-0.15, -0.1) is 0 Å². The van der Waals surface area contributed by atoms with Gasteiger partial charge in [0, 0.05) is 31.1 Å². The average Bonchev–Trinajstić information content (AvgIpc) is 3.52. The fourth-order valence-corrected chi connectivity index (χ4v) is 4.08. The zero-order chi connectivity index (χ0) is 21.1. The Kier molecular flexibility index (Phi) is 5.93. The van der Waals surface area contributed by atoms with Crippen LogP contribution in [0.1, 0.15) is 34.7 Å². The number of carbonyl (C=O) groups is 2. The molecule has 2 amide bonds. The summed E-state index contributed by atoms with van der Waals surface area (Å²) >= 11 is 0. The number of nitrogens with one attached hydrogen (secondary N) is 1. The second kappa shape index (κ2) is 8.78. The molecule has 1 aliphatic heterocycles. The highest BCUT2D eigenvalue weighted by Gasteiger charge is 2.41. The molecule has 4 rings (SSSR count). The first-order valence-corrected chi connectivity index (χ1v) is 10.4. The molecular formula is C24H28N2O4. The normalized spacial score (nSPS) is 20.7. The van der Waals surface area contributed by atoms with Crippen LogP contribution in [0.5, 0.6) is 11.5 Å². The first-order valence-electron chi connectivity index (χ1n) is 10.4. The first-order chi connectivity index (χ1) is 14.6. The first kappa shape index (κ1) is 20.3. The van der Waals surface area contributed by atoms with Crippen LogP contribution in [-0.2, 0) is 4.79 Å². The highest BCUT2D eigenvalue weighted by Crippen LogP contribution is 2.36. The van der Waals surface area contributed by atoms with E-state index in [4.69, 9.17) is 9.47 Å². The Labute approximate surface area is 177 Å². The molecule has 1 heterocycles. The molecule has 0 radical (unpaired) electrons. The number of methoxy groups -OCH3 is 2. The van der Waals surface area contributed by atoms with Crippen LogP contribution in [0, 0.1) is 11.8 Å². The maximum absolute atomic E-state index is 13.2. The molecule has 1 saturated carbocycles. The molecule has 1 saturated heterocycles. The molecule has 2 fully saturated rings. The van der Waals surface area contributed by atoms with E-state index < -0.39 is 0 Å². The standard InChI is InChI=1S/C24H28N2O4/c1-29-19-7-3-5-17(11-19)21-14-26(15-22(21)23(27)25-13-16-9-10-16)24(28)18-6-4-8-20(12-18)30-2/h3-8,11-12,16,21-22H,9-10,13-15H2,1-2H3,(H,25,27)/t21-,22-/m0/s1. The van der Waals surface area contributed by atoms with Crippen LogP contribution in [0.15, 0.2) is 48.5 Å². The summed E-state index contributed by atoms with van der Waals surface area (Å²) in [6, 6.07) is 14.9. The molecule has 2 atom stereocenters. The number of ether oxygens (including phenoxy) is 2. The Hall–Kier alpha value is -3.02. The van der Waals surface area contributed by atoms with E-state index >= 15 is 0 Å². The lowest BCUT2D eigenvalue weighted by atomic mass is 9.88. The van der Waals surface area contributed by atoms with Gasteiger partial charge in [0.05, 0.1) is 20.1 Å². The lowest BCUT2D eigenvalue weighted by Crippen LogP contribution is -2.36. The van der Waals surface area contributed by atoms with Gasteiger partial charge in [0.1, 0.15) is 11.5 Å². The van der Waals surface area contributed by atoms with Gasteiger partial charge in [0.25, 0.3) is 5.91 Å². The molecule has 2 aromatic rings. The van der Waals surface area contributed by atoms with Crippen molar-refractivity contribution < 1.29 is 19.1 Å². The average molecular weight is 408 g/mol. The van der Waals surface area contributed by atoms with Gasteiger partial charge in [-0.25, -0.2) is 0 Å². The maximum atomic E-state index is 13.2. The fraction of sp³-hybridized carbons (Fsp3) is 0.417. The maximum Gasteiger partial charge on any atom is 0.254 e. The molecule has 30 heavy (non-hydrogen) atoms. The van der Waals surface area contributed by atoms with Crippen molar-refractivity contribution in [3.05, 3.63) is 59.7 Å². The third-order valence-corrected chi connectivity index (χ3v) is 6.04. The Balaban J connectivity index is 1.57. The minimum Gasteiger partial charge on any atom is -0.497 e. The number of benzene rings is 2. The second-order valence-electron chi connectivity index (χ2n) is 8.12. The second-order valence-corrected chi connectivity index (χ2v) is 8.12. The summed E-state index contributed by atoms with van der Waals surface area (Å²) in [7, 11) is 3.21. The zero-order valence-corrected chi connectivity index (χ0v) is 17.5. The predicted molar refractivity (Wildman–Crippen MR) is 114 cm³/mol. The molecule has 6 nitrogen and oxygen atoms in total. The SMILES string of the molecule is COc1cccc(C(=O)N2C[C@H](C(=O)NCC3CC3)[C@H](c3cccc(OC)c3)C2)c1. The van der Waals surface area contributed by atoms with E-state index in [1.165, 1.54) is 12.8 Å². The Bertz CT molecular complexity index is 925. The van der Waals surface area contributed by atoms with Gasteiger partial charge in [-0.1, -0.05) is 18.2 Å². The van der Waals surface area contributed by atoms with E-state index in [-0.39, 0.29) is 23.7 Å². The summed E-state index contributed by atoms with van der Waals surface area (Å²) in [6.07, 6.45) is 2.37. The van der Waals surface area contributed by atoms with Crippen LogP contribution in [0.25, 0.3) is 0 Å². The van der Waals surface area contributed by atoms with E-state index in [2.05, 4.69) is 5.32 Å². The third-order valence-electron chi connectivity index (χ3n) is 6.04. The molecule has 2 aromatic carbocycles. The highest BCUT2D eigenvalue weighted by atomic mass is 16.5. The summed E-state index contributed by atoms with van der Waals surface area (Å²) in [5, 5.41) is 3.10. The number of amides is 2. The lowest BCUT2D eigenvalue weighted by molar-refractivity contribution is -0.125. The number of rotatable bonds is 7. The van der Waals surface area contributed by atoms with Crippen molar-refractivity contribution in [2.45, 2.75) is 18.8 Å². The van der Waals surface area contributed by atoms with E-state index in [0.717, 1.165) is 17.9 Å². The quantitative estimate of drug-likeness (QED) is 0.765. The van der Waals surface area contributed by atoms with E-state index in [1.807, 2.05) is 36.4 Å². The predicted octanol–water partition coefficient (Wildman–Crippen LogP) is 3.09. The smallest absolute Gasteiger partial charge is 0.254 e. The van der Waals surface area contributed by atoms with Crippen LogP contribution >= 0.6 is 0 Å². The molecular weight excluding hydrogens is 380 g/mol. The Morgan fingerprint density at radius 3 is 2.40 bits per heavy atom. The molecule has 0 spiro atoms. The third kappa shape index (κ3) is 4.42. The fourth-order valence-electron chi connectivity index (χ4n) is 4.08. The molecule has 0 aromatic heterocycles. The van der Waals surface area contributed by atoms with Crippen LogP contribution < -0.4 is 14.8 Å². The molecule has 1 N–H and O–H groups in total. The minimum absolute atomic E-state index is 0.0238. The number of hydrogen-bond acceptors (Lipinski definition) is 4. The van der Waals surface area contributed by atoms with Crippen molar-refractivity contribution in [1.29, 1.82) is 0 Å². The Morgan fingerprint density at radius 1 is 1.00 bits per heavy atom. The van der Waals surface area contributed by atoms with Gasteiger partial charge in [0.2, 0.25) is 5.91 Å². The van der Waals surface area contributed by atoms with Crippen molar-refractivity contribution in [2.75, 3.05) is 33.9 Å². The molecule has 2 aliphatic rings. The number of likely N-dealkylation sites (tertiary alicyclic amines) is 1. The number of nitrogens with zero attached hydrogens (tertiary/aromatic N) is 1. The topological polar surface area (TPSA) is 67.9 Å². The van der Waals surface area contributed by atoms with Crippen molar-refractivity contribution in [2.24, 2.45) is 11.8 Å². The van der Waals surface area contributed by atoms with Gasteiger partial charge in [0.15, 0.2) is 0 Å². The summed E-state index contributed by atoms with van der Waals surface area (Å²) in [5.41, 5.74) is 1.58.